The van der Waals surface area contributed by atoms with Crippen molar-refractivity contribution >= 4 is 52.0 Å². The molecule has 9 heteroatoms. The van der Waals surface area contributed by atoms with E-state index in [4.69, 9.17) is 39.1 Å². The minimum atomic E-state index is -0.949. The first-order valence-electron chi connectivity index (χ1n) is 12.7. The molecule has 0 heterocycles. The molecule has 4 aromatic carbocycles. The van der Waals surface area contributed by atoms with Crippen LogP contribution in [0.4, 0.5) is 0 Å². The van der Waals surface area contributed by atoms with Crippen molar-refractivity contribution in [3.63, 3.8) is 0 Å². The molecule has 0 saturated carbocycles. The molecule has 0 aliphatic heterocycles. The van der Waals surface area contributed by atoms with Gasteiger partial charge < -0.3 is 14.8 Å². The molecule has 4 aromatic rings. The predicted molar refractivity (Wildman–Crippen MR) is 163 cm³/mol. The fraction of sp³-hybridized carbons (Fsp3) is 0.156. The summed E-state index contributed by atoms with van der Waals surface area (Å²) < 4.78 is 11.4. The molecular weight excluding hydrogens is 561 g/mol. The lowest BCUT2D eigenvalue weighted by Gasteiger charge is -2.21. The zero-order chi connectivity index (χ0) is 29.2. The number of carbonyl (C=O) groups is 2. The second kappa shape index (κ2) is 14.2. The van der Waals surface area contributed by atoms with Crippen LogP contribution in [0.2, 0.25) is 10.0 Å². The number of hydrogen-bond acceptors (Lipinski definition) is 5. The maximum atomic E-state index is 13.3. The highest BCUT2D eigenvalue weighted by atomic mass is 35.5. The summed E-state index contributed by atoms with van der Waals surface area (Å²) in [5.74, 6) is 2.26. The Morgan fingerprint density at radius 1 is 0.976 bits per heavy atom. The zero-order valence-electron chi connectivity index (χ0n) is 22.1. The number of halogens is 2. The number of hydrogen-bond donors (Lipinski definition) is 2. The van der Waals surface area contributed by atoms with E-state index in [0.717, 1.165) is 16.3 Å². The van der Waals surface area contributed by atoms with E-state index in [1.54, 1.807) is 25.1 Å². The van der Waals surface area contributed by atoms with Crippen LogP contribution in [0.25, 0.3) is 10.8 Å². The zero-order valence-corrected chi connectivity index (χ0v) is 23.7. The second-order valence-electron chi connectivity index (χ2n) is 9.01. The SMILES string of the molecule is C#CCOc1ccc2ccccc2c1/C=N\NC(=O)[C@@H](Cc1ccccc1)NC(=O)[C@@H](C)Oc1ccc(Cl)cc1Cl. The van der Waals surface area contributed by atoms with Crippen molar-refractivity contribution in [3.05, 3.63) is 106 Å². The fourth-order valence-corrected chi connectivity index (χ4v) is 4.51. The van der Waals surface area contributed by atoms with Crippen molar-refractivity contribution in [2.45, 2.75) is 25.5 Å². The number of nitrogens with one attached hydrogen (secondary N) is 2. The van der Waals surface area contributed by atoms with Crippen LogP contribution in [0.15, 0.2) is 90.0 Å². The molecule has 2 atom stereocenters. The van der Waals surface area contributed by atoms with Gasteiger partial charge in [0.25, 0.3) is 11.8 Å². The fourth-order valence-electron chi connectivity index (χ4n) is 4.06. The Morgan fingerprint density at radius 2 is 1.71 bits per heavy atom. The van der Waals surface area contributed by atoms with Crippen molar-refractivity contribution in [2.75, 3.05) is 6.61 Å². The van der Waals surface area contributed by atoms with E-state index in [-0.39, 0.29) is 18.1 Å². The van der Waals surface area contributed by atoms with Gasteiger partial charge in [-0.2, -0.15) is 5.10 Å². The average molecular weight is 588 g/mol. The Hall–Kier alpha value is -4.51. The van der Waals surface area contributed by atoms with E-state index in [0.29, 0.717) is 22.1 Å². The van der Waals surface area contributed by atoms with Gasteiger partial charge in [0.2, 0.25) is 0 Å². The third kappa shape index (κ3) is 8.01. The van der Waals surface area contributed by atoms with Gasteiger partial charge in [0.05, 0.1) is 11.2 Å². The highest BCUT2D eigenvalue weighted by molar-refractivity contribution is 6.35. The van der Waals surface area contributed by atoms with Crippen LogP contribution >= 0.6 is 23.2 Å². The van der Waals surface area contributed by atoms with Crippen LogP contribution in [-0.2, 0) is 16.0 Å². The molecule has 0 spiro atoms. The lowest BCUT2D eigenvalue weighted by atomic mass is 10.0. The van der Waals surface area contributed by atoms with Crippen molar-refractivity contribution < 1.29 is 19.1 Å². The molecule has 0 aromatic heterocycles. The third-order valence-electron chi connectivity index (χ3n) is 6.09. The minimum absolute atomic E-state index is 0.0816. The number of hydrazone groups is 1. The number of rotatable bonds is 11. The molecule has 0 radical (unpaired) electrons. The topological polar surface area (TPSA) is 89.0 Å². The van der Waals surface area contributed by atoms with Crippen LogP contribution in [0, 0.1) is 12.3 Å². The molecule has 4 rings (SSSR count). The first kappa shape index (κ1) is 29.5. The summed E-state index contributed by atoms with van der Waals surface area (Å²) in [7, 11) is 0. The molecule has 41 heavy (non-hydrogen) atoms. The molecule has 0 fully saturated rings. The molecule has 0 bridgehead atoms. The number of fused-ring (bicyclic) bond motifs is 1. The smallest absolute Gasteiger partial charge is 0.262 e. The Labute approximate surface area is 248 Å². The van der Waals surface area contributed by atoms with E-state index in [2.05, 4.69) is 21.8 Å². The average Bonchev–Trinajstić information content (AvgIpc) is 2.98. The van der Waals surface area contributed by atoms with Gasteiger partial charge in [0.15, 0.2) is 6.10 Å². The number of nitrogens with zero attached hydrogens (tertiary/aromatic N) is 1. The molecule has 7 nitrogen and oxygen atoms in total. The summed E-state index contributed by atoms with van der Waals surface area (Å²) in [6.07, 6.45) is 6.15. The van der Waals surface area contributed by atoms with E-state index < -0.39 is 24.0 Å². The van der Waals surface area contributed by atoms with E-state index in [1.807, 2.05) is 60.7 Å². The van der Waals surface area contributed by atoms with Gasteiger partial charge in [-0.15, -0.1) is 6.42 Å². The third-order valence-corrected chi connectivity index (χ3v) is 6.62. The lowest BCUT2D eigenvalue weighted by Crippen LogP contribution is -2.50. The summed E-state index contributed by atoms with van der Waals surface area (Å²) >= 11 is 12.1. The molecule has 0 unspecified atom stereocenters. The number of benzene rings is 4. The Morgan fingerprint density at radius 3 is 2.46 bits per heavy atom. The van der Waals surface area contributed by atoms with Crippen LogP contribution < -0.4 is 20.2 Å². The number of terminal acetylenes is 1. The van der Waals surface area contributed by atoms with Crippen LogP contribution in [0.1, 0.15) is 18.1 Å². The Balaban J connectivity index is 1.51. The Bertz CT molecular complexity index is 1600. The van der Waals surface area contributed by atoms with Gasteiger partial charge in [-0.25, -0.2) is 5.43 Å². The van der Waals surface area contributed by atoms with Gasteiger partial charge >= 0.3 is 0 Å². The van der Waals surface area contributed by atoms with Crippen molar-refractivity contribution in [2.24, 2.45) is 5.10 Å². The summed E-state index contributed by atoms with van der Waals surface area (Å²) in [6.45, 7) is 1.65. The van der Waals surface area contributed by atoms with Crippen molar-refractivity contribution in [1.29, 1.82) is 0 Å². The quantitative estimate of drug-likeness (QED) is 0.132. The van der Waals surface area contributed by atoms with E-state index >= 15 is 0 Å². The number of carbonyl (C=O) groups excluding carboxylic acids is 2. The predicted octanol–water partition coefficient (Wildman–Crippen LogP) is 5.80. The minimum Gasteiger partial charge on any atom is -0.480 e. The van der Waals surface area contributed by atoms with Gasteiger partial charge in [0.1, 0.15) is 24.1 Å². The molecule has 2 N–H and O–H groups in total. The summed E-state index contributed by atoms with van der Waals surface area (Å²) in [5, 5.41) is 9.52. The second-order valence-corrected chi connectivity index (χ2v) is 9.85. The van der Waals surface area contributed by atoms with Crippen LogP contribution in [-0.4, -0.2) is 36.8 Å². The summed E-state index contributed by atoms with van der Waals surface area (Å²) in [4.78, 5) is 26.4. The number of amides is 2. The van der Waals surface area contributed by atoms with Crippen molar-refractivity contribution in [3.8, 4) is 23.8 Å². The number of ether oxygens (including phenoxy) is 2. The maximum Gasteiger partial charge on any atom is 0.262 e. The first-order chi connectivity index (χ1) is 19.9. The van der Waals surface area contributed by atoms with Gasteiger partial charge in [0, 0.05) is 17.0 Å². The molecule has 0 aliphatic rings. The highest BCUT2D eigenvalue weighted by Gasteiger charge is 2.25. The Kier molecular flexibility index (Phi) is 10.2. The van der Waals surface area contributed by atoms with Gasteiger partial charge in [-0.05, 0) is 47.5 Å². The summed E-state index contributed by atoms with van der Waals surface area (Å²) in [6, 6.07) is 24.5. The molecule has 0 saturated heterocycles. The van der Waals surface area contributed by atoms with Gasteiger partial charge in [-0.1, -0.05) is 89.8 Å². The maximum absolute atomic E-state index is 13.3. The van der Waals surface area contributed by atoms with Crippen molar-refractivity contribution in [1.82, 2.24) is 10.7 Å². The van der Waals surface area contributed by atoms with E-state index in [1.165, 1.54) is 12.3 Å². The van der Waals surface area contributed by atoms with E-state index in [9.17, 15) is 9.59 Å². The molecular formula is C32H27Cl2N3O4. The highest BCUT2D eigenvalue weighted by Crippen LogP contribution is 2.29. The largest absolute Gasteiger partial charge is 0.480 e. The molecule has 0 aliphatic carbocycles. The lowest BCUT2D eigenvalue weighted by molar-refractivity contribution is -0.132. The first-order valence-corrected chi connectivity index (χ1v) is 13.5. The van der Waals surface area contributed by atoms with Crippen LogP contribution in [0.5, 0.6) is 11.5 Å². The summed E-state index contributed by atoms with van der Waals surface area (Å²) in [5.41, 5.74) is 4.06. The standard InChI is InChI=1S/C32H27Cl2N3O4/c1-3-17-40-29-15-13-23-11-7-8-12-25(23)26(29)20-35-37-32(39)28(18-22-9-5-4-6-10-22)36-31(38)21(2)41-30-16-14-24(33)19-27(30)34/h1,4-16,19-21,28H,17-18H2,2H3,(H,36,38)(H,37,39)/b35-20-/t21-,28-/m1/s1. The normalized spacial score (nSPS) is 12.3. The monoisotopic (exact) mass is 587 g/mol. The van der Waals surface area contributed by atoms with Crippen LogP contribution in [0.3, 0.4) is 0 Å². The molecule has 2 amide bonds. The van der Waals surface area contributed by atoms with Gasteiger partial charge in [-0.3, -0.25) is 9.59 Å². The molecule has 208 valence electrons.